The van der Waals surface area contributed by atoms with Crippen molar-refractivity contribution in [3.63, 3.8) is 0 Å². The number of rotatable bonds is 11. The number of ether oxygens (including phenoxy) is 1. The number of carbonyl (C=O) groups excluding carboxylic acids is 2. The van der Waals surface area contributed by atoms with Gasteiger partial charge in [-0.15, -0.1) is 0 Å². The van der Waals surface area contributed by atoms with E-state index in [2.05, 4.69) is 24.5 Å². The van der Waals surface area contributed by atoms with Crippen LogP contribution in [-0.4, -0.2) is 59.3 Å². The van der Waals surface area contributed by atoms with Gasteiger partial charge < -0.3 is 20.3 Å². The zero-order valence-corrected chi connectivity index (χ0v) is 18.3. The molecule has 0 radical (unpaired) electrons. The van der Waals surface area contributed by atoms with Gasteiger partial charge in [0.15, 0.2) is 0 Å². The molecule has 0 saturated heterocycles. The molecule has 0 aliphatic heterocycles. The van der Waals surface area contributed by atoms with Crippen LogP contribution in [0.3, 0.4) is 0 Å². The molecule has 1 rings (SSSR count). The van der Waals surface area contributed by atoms with Gasteiger partial charge in [0, 0.05) is 41.6 Å². The van der Waals surface area contributed by atoms with Gasteiger partial charge in [0.25, 0.3) is 0 Å². The van der Waals surface area contributed by atoms with Crippen LogP contribution in [0.25, 0.3) is 0 Å². The average molecular weight is 412 g/mol. The second-order valence-electron chi connectivity index (χ2n) is 6.99. The molecule has 2 amide bonds. The molecule has 3 atom stereocenters. The van der Waals surface area contributed by atoms with E-state index in [4.69, 9.17) is 4.74 Å². The molecule has 0 spiro atoms. The summed E-state index contributed by atoms with van der Waals surface area (Å²) < 4.78 is 16.8. The van der Waals surface area contributed by atoms with Crippen LogP contribution < -0.4 is 10.6 Å². The highest BCUT2D eigenvalue weighted by molar-refractivity contribution is 7.84. The number of hydrogen-bond donors (Lipinski definition) is 2. The smallest absolute Gasteiger partial charge is 0.410 e. The zero-order valence-electron chi connectivity index (χ0n) is 17.5. The summed E-state index contributed by atoms with van der Waals surface area (Å²) in [5.74, 6) is 0.668. The van der Waals surface area contributed by atoms with E-state index < -0.39 is 16.9 Å². The van der Waals surface area contributed by atoms with Gasteiger partial charge in [-0.2, -0.15) is 0 Å². The zero-order chi connectivity index (χ0) is 21.1. The molecular weight excluding hydrogens is 378 g/mol. The fourth-order valence-electron chi connectivity index (χ4n) is 2.30. The molecule has 28 heavy (non-hydrogen) atoms. The van der Waals surface area contributed by atoms with Crippen LogP contribution in [0.15, 0.2) is 24.3 Å². The van der Waals surface area contributed by atoms with E-state index in [0.717, 1.165) is 12.0 Å². The minimum Gasteiger partial charge on any atom is -0.445 e. The minimum absolute atomic E-state index is 0.115. The molecule has 1 aromatic carbocycles. The topological polar surface area (TPSA) is 87.7 Å². The molecule has 0 heterocycles. The molecule has 3 unspecified atom stereocenters. The Kier molecular flexibility index (Phi) is 10.8. The van der Waals surface area contributed by atoms with Crippen LogP contribution in [-0.2, 0) is 26.9 Å². The maximum atomic E-state index is 12.4. The second kappa shape index (κ2) is 12.5. The number of likely N-dealkylation sites (N-methyl/N-ethyl adjacent to an activating group) is 1. The quantitative estimate of drug-likeness (QED) is 0.584. The van der Waals surface area contributed by atoms with Crippen molar-refractivity contribution in [2.45, 2.75) is 39.8 Å². The highest BCUT2D eigenvalue weighted by atomic mass is 32.2. The van der Waals surface area contributed by atoms with Gasteiger partial charge in [-0.1, -0.05) is 32.4 Å². The summed E-state index contributed by atoms with van der Waals surface area (Å²) in [6, 6.07) is 6.90. The van der Waals surface area contributed by atoms with Crippen LogP contribution in [0.5, 0.6) is 0 Å². The normalized spacial score (nSPS) is 14.0. The lowest BCUT2D eigenvalue weighted by atomic mass is 10.1. The molecular formula is C20H33N3O4S. The molecule has 0 aliphatic rings. The van der Waals surface area contributed by atoms with Gasteiger partial charge in [-0.05, 0) is 37.6 Å². The van der Waals surface area contributed by atoms with Crippen molar-refractivity contribution in [2.24, 2.45) is 5.92 Å². The highest BCUT2D eigenvalue weighted by Crippen LogP contribution is 2.12. The monoisotopic (exact) mass is 411 g/mol. The number of nitrogens with one attached hydrogen (secondary N) is 2. The SMILES string of the molecule is CCC(C)CN(CCS(C)=O)C(=O)OCc1ccc(NC(=O)C(C)NC)cc1. The Morgan fingerprint density at radius 1 is 1.21 bits per heavy atom. The number of nitrogens with zero attached hydrogens (tertiary/aromatic N) is 1. The molecule has 7 nitrogen and oxygen atoms in total. The second-order valence-corrected chi connectivity index (χ2v) is 8.54. The van der Waals surface area contributed by atoms with Gasteiger partial charge in [0.05, 0.1) is 6.04 Å². The van der Waals surface area contributed by atoms with Gasteiger partial charge >= 0.3 is 6.09 Å². The van der Waals surface area contributed by atoms with Crippen LogP contribution in [0, 0.1) is 5.92 Å². The summed E-state index contributed by atoms with van der Waals surface area (Å²) >= 11 is 0. The molecule has 1 aromatic rings. The predicted octanol–water partition coefficient (Wildman–Crippen LogP) is 2.60. The van der Waals surface area contributed by atoms with Crippen molar-refractivity contribution in [1.82, 2.24) is 10.2 Å². The van der Waals surface area contributed by atoms with E-state index in [1.807, 2.05) is 12.1 Å². The predicted molar refractivity (Wildman–Crippen MR) is 114 cm³/mol. The fraction of sp³-hybridized carbons (Fsp3) is 0.600. The number of amides is 2. The van der Waals surface area contributed by atoms with E-state index in [1.165, 1.54) is 0 Å². The van der Waals surface area contributed by atoms with Gasteiger partial charge in [-0.25, -0.2) is 4.79 Å². The standard InChI is InChI=1S/C20H33N3O4S/c1-6-15(2)13-23(11-12-28(5)26)20(25)27-14-17-7-9-18(10-8-17)22-19(24)16(3)21-4/h7-10,15-16,21H,6,11-14H2,1-5H3,(H,22,24). The lowest BCUT2D eigenvalue weighted by Crippen LogP contribution is -2.37. The van der Waals surface area contributed by atoms with Crippen molar-refractivity contribution in [3.8, 4) is 0 Å². The third kappa shape index (κ3) is 8.84. The summed E-state index contributed by atoms with van der Waals surface area (Å²) in [5.41, 5.74) is 1.52. The first kappa shape index (κ1) is 24.1. The first-order valence-corrected chi connectivity index (χ1v) is 11.3. The summed E-state index contributed by atoms with van der Waals surface area (Å²) in [5, 5.41) is 5.69. The third-order valence-electron chi connectivity index (χ3n) is 4.55. The number of carbonyl (C=O) groups is 2. The first-order valence-electron chi connectivity index (χ1n) is 9.55. The summed E-state index contributed by atoms with van der Waals surface area (Å²) in [4.78, 5) is 25.9. The van der Waals surface area contributed by atoms with Gasteiger partial charge in [0.2, 0.25) is 5.91 Å². The Morgan fingerprint density at radius 2 is 1.86 bits per heavy atom. The minimum atomic E-state index is -0.960. The van der Waals surface area contributed by atoms with Crippen LogP contribution in [0.2, 0.25) is 0 Å². The van der Waals surface area contributed by atoms with Crippen molar-refractivity contribution in [2.75, 3.05) is 37.5 Å². The largest absolute Gasteiger partial charge is 0.445 e. The van der Waals surface area contributed by atoms with E-state index >= 15 is 0 Å². The molecule has 158 valence electrons. The third-order valence-corrected chi connectivity index (χ3v) is 5.30. The van der Waals surface area contributed by atoms with Gasteiger partial charge in [0.1, 0.15) is 6.61 Å². The van der Waals surface area contributed by atoms with Crippen molar-refractivity contribution < 1.29 is 18.5 Å². The Hall–Kier alpha value is -1.93. The number of hydrogen-bond acceptors (Lipinski definition) is 5. The molecule has 0 fully saturated rings. The fourth-order valence-corrected chi connectivity index (χ4v) is 2.78. The van der Waals surface area contributed by atoms with Crippen LogP contribution >= 0.6 is 0 Å². The summed E-state index contributed by atoms with van der Waals surface area (Å²) in [6.07, 6.45) is 2.19. The lowest BCUT2D eigenvalue weighted by molar-refractivity contribution is -0.117. The number of benzene rings is 1. The maximum Gasteiger partial charge on any atom is 0.410 e. The Bertz CT molecular complexity index is 651. The first-order chi connectivity index (χ1) is 13.3. The molecule has 0 aromatic heterocycles. The molecule has 8 heteroatoms. The van der Waals surface area contributed by atoms with Gasteiger partial charge in [-0.3, -0.25) is 9.00 Å². The highest BCUT2D eigenvalue weighted by Gasteiger charge is 2.18. The molecule has 0 aliphatic carbocycles. The molecule has 0 bridgehead atoms. The van der Waals surface area contributed by atoms with Crippen LogP contribution in [0.1, 0.15) is 32.8 Å². The summed E-state index contributed by atoms with van der Waals surface area (Å²) in [6.45, 7) is 7.07. The average Bonchev–Trinajstić information content (AvgIpc) is 2.69. The van der Waals surface area contributed by atoms with Crippen molar-refractivity contribution in [3.05, 3.63) is 29.8 Å². The van der Waals surface area contributed by atoms with E-state index in [1.54, 1.807) is 37.3 Å². The lowest BCUT2D eigenvalue weighted by Gasteiger charge is -2.24. The Labute approximate surface area is 170 Å². The van der Waals surface area contributed by atoms with Crippen LogP contribution in [0.4, 0.5) is 10.5 Å². The van der Waals surface area contributed by atoms with Crippen molar-refractivity contribution in [1.29, 1.82) is 0 Å². The van der Waals surface area contributed by atoms with E-state index in [9.17, 15) is 13.8 Å². The summed E-state index contributed by atoms with van der Waals surface area (Å²) in [7, 11) is 0.767. The maximum absolute atomic E-state index is 12.4. The molecule has 0 saturated carbocycles. The Balaban J connectivity index is 2.60. The van der Waals surface area contributed by atoms with Crippen molar-refractivity contribution >= 4 is 28.5 Å². The number of anilines is 1. The van der Waals surface area contributed by atoms with E-state index in [-0.39, 0.29) is 18.6 Å². The van der Waals surface area contributed by atoms with E-state index in [0.29, 0.717) is 30.4 Å². The Morgan fingerprint density at radius 3 is 2.39 bits per heavy atom. The molecule has 2 N–H and O–H groups in total.